The SMILES string of the molecule is O.O=C(O)CCNC(=O)[C@H](Cc1ccccc1)NC(CCc1ccccc1)C(=O)O.O=C(O)CCNC(=O)[C@H](Cc1ccccc1)NC(CCc1ccccc1)C(=O)O. The van der Waals surface area contributed by atoms with Crippen molar-refractivity contribution in [1.29, 1.82) is 0 Å². The molecule has 4 rings (SSSR count). The highest BCUT2D eigenvalue weighted by Crippen LogP contribution is 2.11. The molecule has 0 fully saturated rings. The zero-order valence-corrected chi connectivity index (χ0v) is 32.7. The molecule has 15 heteroatoms. The summed E-state index contributed by atoms with van der Waals surface area (Å²) in [6, 6.07) is 34.2. The molecule has 0 saturated heterocycles. The van der Waals surface area contributed by atoms with Gasteiger partial charge < -0.3 is 36.5 Å². The van der Waals surface area contributed by atoms with Crippen LogP contribution in [0, 0.1) is 0 Å². The molecule has 2 unspecified atom stereocenters. The van der Waals surface area contributed by atoms with Gasteiger partial charge in [0.2, 0.25) is 11.8 Å². The normalized spacial score (nSPS) is 12.5. The predicted molar refractivity (Wildman–Crippen MR) is 221 cm³/mol. The molecule has 15 nitrogen and oxygen atoms in total. The molecular formula is C44H54N4O11. The maximum absolute atomic E-state index is 12.6. The molecule has 2 amide bonds. The maximum Gasteiger partial charge on any atom is 0.320 e. The summed E-state index contributed by atoms with van der Waals surface area (Å²) in [7, 11) is 0. The number of carbonyl (C=O) groups excluding carboxylic acids is 2. The summed E-state index contributed by atoms with van der Waals surface area (Å²) in [5, 5.41) is 47.8. The van der Waals surface area contributed by atoms with Crippen molar-refractivity contribution < 1.29 is 54.7 Å². The zero-order chi connectivity index (χ0) is 42.1. The predicted octanol–water partition coefficient (Wildman–Crippen LogP) is 2.90. The minimum atomic E-state index is -1.03. The van der Waals surface area contributed by atoms with Crippen LogP contribution in [0.15, 0.2) is 121 Å². The van der Waals surface area contributed by atoms with Gasteiger partial charge in [-0.15, -0.1) is 0 Å². The smallest absolute Gasteiger partial charge is 0.320 e. The Morgan fingerprint density at radius 3 is 0.983 bits per heavy atom. The van der Waals surface area contributed by atoms with Crippen molar-refractivity contribution in [3.8, 4) is 0 Å². The summed E-state index contributed by atoms with van der Waals surface area (Å²) in [4.78, 5) is 70.1. The molecule has 0 aliphatic carbocycles. The molecule has 0 aromatic heterocycles. The number of nitrogens with one attached hydrogen (secondary N) is 4. The Hall–Kier alpha value is -6.42. The quantitative estimate of drug-likeness (QED) is 0.0508. The van der Waals surface area contributed by atoms with E-state index in [1.54, 1.807) is 0 Å². The molecule has 0 spiro atoms. The molecule has 0 saturated carbocycles. The second-order valence-corrected chi connectivity index (χ2v) is 13.5. The number of hydrogen-bond donors (Lipinski definition) is 8. The molecule has 4 atom stereocenters. The number of carbonyl (C=O) groups is 6. The average molecular weight is 815 g/mol. The topological polar surface area (TPSA) is 263 Å². The number of carboxylic acid groups (broad SMARTS) is 4. The molecule has 4 aromatic rings. The van der Waals surface area contributed by atoms with E-state index < -0.39 is 59.9 Å². The monoisotopic (exact) mass is 814 g/mol. The summed E-state index contributed by atoms with van der Waals surface area (Å²) in [5.41, 5.74) is 3.80. The van der Waals surface area contributed by atoms with E-state index in [1.807, 2.05) is 121 Å². The van der Waals surface area contributed by atoms with Crippen molar-refractivity contribution in [2.45, 2.75) is 75.5 Å². The van der Waals surface area contributed by atoms with Gasteiger partial charge in [-0.1, -0.05) is 121 Å². The Labute approximate surface area is 343 Å². The molecule has 0 heterocycles. The summed E-state index contributed by atoms with van der Waals surface area (Å²) in [6.45, 7) is -0.0220. The molecule has 0 aliphatic heterocycles. The maximum atomic E-state index is 12.6. The van der Waals surface area contributed by atoms with E-state index >= 15 is 0 Å². The molecule has 4 aromatic carbocycles. The van der Waals surface area contributed by atoms with Crippen LogP contribution < -0.4 is 21.3 Å². The van der Waals surface area contributed by atoms with Crippen LogP contribution in [0.5, 0.6) is 0 Å². The Balaban J connectivity index is 0.000000400. The average Bonchev–Trinajstić information content (AvgIpc) is 3.21. The number of aliphatic carboxylic acids is 4. The fourth-order valence-electron chi connectivity index (χ4n) is 5.94. The third kappa shape index (κ3) is 20.0. The molecular weight excluding hydrogens is 761 g/mol. The molecule has 0 radical (unpaired) electrons. The second-order valence-electron chi connectivity index (χ2n) is 13.5. The Morgan fingerprint density at radius 1 is 0.424 bits per heavy atom. The lowest BCUT2D eigenvalue weighted by molar-refractivity contribution is -0.141. The largest absolute Gasteiger partial charge is 0.481 e. The third-order valence-corrected chi connectivity index (χ3v) is 9.00. The minimum absolute atomic E-state index is 0. The number of benzene rings is 4. The van der Waals surface area contributed by atoms with Crippen LogP contribution in [0.25, 0.3) is 0 Å². The van der Waals surface area contributed by atoms with Gasteiger partial charge in [-0.05, 0) is 60.8 Å². The fraction of sp³-hybridized carbons (Fsp3) is 0.318. The fourth-order valence-corrected chi connectivity index (χ4v) is 5.94. The van der Waals surface area contributed by atoms with Gasteiger partial charge in [-0.2, -0.15) is 0 Å². The van der Waals surface area contributed by atoms with Crippen molar-refractivity contribution in [2.75, 3.05) is 13.1 Å². The van der Waals surface area contributed by atoms with E-state index in [0.717, 1.165) is 22.3 Å². The summed E-state index contributed by atoms with van der Waals surface area (Å²) >= 11 is 0. The van der Waals surface area contributed by atoms with Crippen LogP contribution in [-0.4, -0.2) is 98.9 Å². The standard InChI is InChI=1S/2C22H26N2O5.H2O/c2*25-20(26)13-14-23-21(27)19(15-17-9-5-2-6-10-17)24-18(22(28)29)12-11-16-7-3-1-4-8-16;/h2*1-10,18-19,24H,11-15H2,(H,23,27)(H,25,26)(H,28,29);1H2/t2*18?,19-;/m00./s1. The van der Waals surface area contributed by atoms with E-state index in [-0.39, 0.29) is 31.4 Å². The number of aryl methyl sites for hydroxylation is 2. The highest BCUT2D eigenvalue weighted by atomic mass is 16.4. The lowest BCUT2D eigenvalue weighted by Crippen LogP contribution is -2.52. The van der Waals surface area contributed by atoms with Crippen LogP contribution in [0.2, 0.25) is 0 Å². The molecule has 316 valence electrons. The Bertz CT molecular complexity index is 1730. The van der Waals surface area contributed by atoms with Crippen LogP contribution in [0.4, 0.5) is 0 Å². The van der Waals surface area contributed by atoms with Crippen LogP contribution in [0.1, 0.15) is 47.9 Å². The highest BCUT2D eigenvalue weighted by Gasteiger charge is 2.28. The first-order valence-corrected chi connectivity index (χ1v) is 19.0. The molecule has 59 heavy (non-hydrogen) atoms. The summed E-state index contributed by atoms with van der Waals surface area (Å²) in [5.74, 6) is -4.91. The van der Waals surface area contributed by atoms with Crippen molar-refractivity contribution >= 4 is 35.7 Å². The number of amides is 2. The van der Waals surface area contributed by atoms with Gasteiger partial charge in [0.25, 0.3) is 0 Å². The van der Waals surface area contributed by atoms with E-state index in [0.29, 0.717) is 38.5 Å². The first-order chi connectivity index (χ1) is 27.9. The molecule has 0 bridgehead atoms. The van der Waals surface area contributed by atoms with Gasteiger partial charge >= 0.3 is 23.9 Å². The van der Waals surface area contributed by atoms with Gasteiger partial charge in [0.15, 0.2) is 0 Å². The molecule has 10 N–H and O–H groups in total. The van der Waals surface area contributed by atoms with Crippen molar-refractivity contribution in [3.63, 3.8) is 0 Å². The van der Waals surface area contributed by atoms with Gasteiger partial charge in [0.1, 0.15) is 12.1 Å². The first-order valence-electron chi connectivity index (χ1n) is 19.0. The van der Waals surface area contributed by atoms with Crippen molar-refractivity contribution in [2.24, 2.45) is 0 Å². The summed E-state index contributed by atoms with van der Waals surface area (Å²) < 4.78 is 0. The van der Waals surface area contributed by atoms with Gasteiger partial charge in [0, 0.05) is 13.1 Å². The van der Waals surface area contributed by atoms with Gasteiger partial charge in [-0.25, -0.2) is 0 Å². The van der Waals surface area contributed by atoms with E-state index in [2.05, 4.69) is 21.3 Å². The minimum Gasteiger partial charge on any atom is -0.481 e. The summed E-state index contributed by atoms with van der Waals surface area (Å²) in [6.07, 6.45) is 1.98. The zero-order valence-electron chi connectivity index (χ0n) is 32.7. The first kappa shape index (κ1) is 48.7. The Kier molecular flexibility index (Phi) is 22.5. The van der Waals surface area contributed by atoms with E-state index in [4.69, 9.17) is 10.2 Å². The third-order valence-electron chi connectivity index (χ3n) is 9.00. The lowest BCUT2D eigenvalue weighted by atomic mass is 10.0. The van der Waals surface area contributed by atoms with E-state index in [9.17, 15) is 39.0 Å². The second kappa shape index (κ2) is 27.3. The van der Waals surface area contributed by atoms with Gasteiger partial charge in [0.05, 0.1) is 24.9 Å². The lowest BCUT2D eigenvalue weighted by Gasteiger charge is -2.23. The van der Waals surface area contributed by atoms with Crippen molar-refractivity contribution in [1.82, 2.24) is 21.3 Å². The van der Waals surface area contributed by atoms with E-state index in [1.165, 1.54) is 0 Å². The van der Waals surface area contributed by atoms with Gasteiger partial charge in [-0.3, -0.25) is 39.4 Å². The molecule has 0 aliphatic rings. The van der Waals surface area contributed by atoms with Crippen LogP contribution in [-0.2, 0) is 54.5 Å². The number of hydrogen-bond acceptors (Lipinski definition) is 8. The highest BCUT2D eigenvalue weighted by molar-refractivity contribution is 5.84. The number of carboxylic acids is 4. The van der Waals surface area contributed by atoms with Crippen LogP contribution >= 0.6 is 0 Å². The van der Waals surface area contributed by atoms with Crippen LogP contribution in [0.3, 0.4) is 0 Å². The van der Waals surface area contributed by atoms with Crippen molar-refractivity contribution in [3.05, 3.63) is 144 Å². The Morgan fingerprint density at radius 2 is 0.712 bits per heavy atom. The number of rotatable bonds is 24.